The summed E-state index contributed by atoms with van der Waals surface area (Å²) in [7, 11) is 1.79. The Morgan fingerprint density at radius 3 is 2.57 bits per heavy atom. The van der Waals surface area contributed by atoms with Gasteiger partial charge in [0.05, 0.1) is 0 Å². The first kappa shape index (κ1) is 10.7. The van der Waals surface area contributed by atoms with Crippen LogP contribution in [0.1, 0.15) is 31.1 Å². The second-order valence-electron chi connectivity index (χ2n) is 4.26. The third-order valence-corrected chi connectivity index (χ3v) is 1.96. The van der Waals surface area contributed by atoms with Gasteiger partial charge in [-0.25, -0.2) is 4.98 Å². The number of nitrogens with zero attached hydrogens (tertiary/aromatic N) is 1. The number of ketones is 1. The Bertz CT molecular complexity index is 339. The average molecular weight is 192 g/mol. The van der Waals surface area contributed by atoms with Gasteiger partial charge in [-0.15, -0.1) is 0 Å². The van der Waals surface area contributed by atoms with Crippen LogP contribution in [0.25, 0.3) is 0 Å². The van der Waals surface area contributed by atoms with E-state index < -0.39 is 0 Å². The van der Waals surface area contributed by atoms with Crippen molar-refractivity contribution in [2.45, 2.75) is 20.8 Å². The molecule has 0 spiro atoms. The van der Waals surface area contributed by atoms with Gasteiger partial charge in [-0.3, -0.25) is 4.79 Å². The minimum atomic E-state index is -0.341. The van der Waals surface area contributed by atoms with Gasteiger partial charge in [-0.2, -0.15) is 0 Å². The number of carbonyl (C=O) groups is 1. The summed E-state index contributed by atoms with van der Waals surface area (Å²) in [5, 5.41) is 2.91. The number of carbonyl (C=O) groups excluding carboxylic acids is 1. The Morgan fingerprint density at radius 1 is 1.43 bits per heavy atom. The number of hydrogen-bond donors (Lipinski definition) is 1. The molecule has 0 saturated heterocycles. The summed E-state index contributed by atoms with van der Waals surface area (Å²) in [6.45, 7) is 5.73. The van der Waals surface area contributed by atoms with E-state index in [0.29, 0.717) is 5.56 Å². The molecule has 3 nitrogen and oxygen atoms in total. The maximum atomic E-state index is 11.9. The first-order valence-electron chi connectivity index (χ1n) is 4.64. The van der Waals surface area contributed by atoms with Gasteiger partial charge in [0, 0.05) is 24.2 Å². The molecule has 14 heavy (non-hydrogen) atoms. The van der Waals surface area contributed by atoms with E-state index in [1.165, 1.54) is 0 Å². The van der Waals surface area contributed by atoms with Crippen LogP contribution < -0.4 is 5.32 Å². The maximum absolute atomic E-state index is 11.9. The summed E-state index contributed by atoms with van der Waals surface area (Å²) in [5.74, 6) is 0.858. The quantitative estimate of drug-likeness (QED) is 0.731. The third-order valence-electron chi connectivity index (χ3n) is 1.96. The molecule has 0 aliphatic carbocycles. The SMILES string of the molecule is CNc1cc(C(=O)C(C)(C)C)ccn1. The zero-order chi connectivity index (χ0) is 10.8. The minimum absolute atomic E-state index is 0.136. The summed E-state index contributed by atoms with van der Waals surface area (Å²) < 4.78 is 0. The Hall–Kier alpha value is -1.38. The first-order chi connectivity index (χ1) is 6.45. The van der Waals surface area contributed by atoms with Crippen LogP contribution in [0.4, 0.5) is 5.82 Å². The first-order valence-corrected chi connectivity index (χ1v) is 4.64. The molecule has 0 saturated carbocycles. The van der Waals surface area contributed by atoms with Crippen LogP contribution >= 0.6 is 0 Å². The summed E-state index contributed by atoms with van der Waals surface area (Å²) >= 11 is 0. The highest BCUT2D eigenvalue weighted by molar-refractivity contribution is 6.00. The number of anilines is 1. The zero-order valence-electron chi connectivity index (χ0n) is 9.09. The van der Waals surface area contributed by atoms with E-state index in [2.05, 4.69) is 10.3 Å². The number of aromatic nitrogens is 1. The summed E-state index contributed by atoms with van der Waals surface area (Å²) in [5.41, 5.74) is 0.365. The lowest BCUT2D eigenvalue weighted by atomic mass is 9.87. The van der Waals surface area contributed by atoms with Crippen LogP contribution in [0.5, 0.6) is 0 Å². The van der Waals surface area contributed by atoms with Crippen molar-refractivity contribution in [3.8, 4) is 0 Å². The molecule has 0 atom stereocenters. The Kier molecular flexibility index (Phi) is 2.89. The predicted octanol–water partition coefficient (Wildman–Crippen LogP) is 2.35. The van der Waals surface area contributed by atoms with E-state index in [1.54, 1.807) is 25.4 Å². The number of hydrogen-bond acceptors (Lipinski definition) is 3. The molecule has 0 bridgehead atoms. The number of pyridine rings is 1. The van der Waals surface area contributed by atoms with Crippen molar-refractivity contribution in [3.05, 3.63) is 23.9 Å². The molecule has 0 radical (unpaired) electrons. The maximum Gasteiger partial charge on any atom is 0.168 e. The third kappa shape index (κ3) is 2.31. The largest absolute Gasteiger partial charge is 0.373 e. The molecule has 1 aromatic heterocycles. The van der Waals surface area contributed by atoms with Gasteiger partial charge in [0.2, 0.25) is 0 Å². The highest BCUT2D eigenvalue weighted by atomic mass is 16.1. The molecule has 1 heterocycles. The van der Waals surface area contributed by atoms with E-state index in [1.807, 2.05) is 20.8 Å². The lowest BCUT2D eigenvalue weighted by Crippen LogP contribution is -2.20. The molecule has 0 aliphatic rings. The second kappa shape index (κ2) is 3.78. The van der Waals surface area contributed by atoms with E-state index in [4.69, 9.17) is 0 Å². The molecule has 1 N–H and O–H groups in total. The van der Waals surface area contributed by atoms with Gasteiger partial charge in [-0.05, 0) is 12.1 Å². The van der Waals surface area contributed by atoms with Gasteiger partial charge >= 0.3 is 0 Å². The predicted molar refractivity (Wildman–Crippen MR) is 57.6 cm³/mol. The van der Waals surface area contributed by atoms with Gasteiger partial charge in [0.15, 0.2) is 5.78 Å². The van der Waals surface area contributed by atoms with Crippen LogP contribution in [0.15, 0.2) is 18.3 Å². The van der Waals surface area contributed by atoms with Crippen molar-refractivity contribution in [3.63, 3.8) is 0 Å². The molecule has 1 aromatic rings. The molecule has 0 aliphatic heterocycles. The van der Waals surface area contributed by atoms with Crippen molar-refractivity contribution >= 4 is 11.6 Å². The lowest BCUT2D eigenvalue weighted by molar-refractivity contribution is 0.0858. The van der Waals surface area contributed by atoms with E-state index in [-0.39, 0.29) is 11.2 Å². The molecule has 0 amide bonds. The monoisotopic (exact) mass is 192 g/mol. The van der Waals surface area contributed by atoms with E-state index in [9.17, 15) is 4.79 Å². The molecule has 0 unspecified atom stereocenters. The fraction of sp³-hybridized carbons (Fsp3) is 0.455. The minimum Gasteiger partial charge on any atom is -0.373 e. The van der Waals surface area contributed by atoms with Crippen LogP contribution in [0.2, 0.25) is 0 Å². The van der Waals surface area contributed by atoms with E-state index >= 15 is 0 Å². The molecular formula is C11H16N2O. The molecule has 1 rings (SSSR count). The Morgan fingerprint density at radius 2 is 2.07 bits per heavy atom. The fourth-order valence-corrected chi connectivity index (χ4v) is 1.14. The van der Waals surface area contributed by atoms with E-state index in [0.717, 1.165) is 5.82 Å². The molecule has 3 heteroatoms. The van der Waals surface area contributed by atoms with Crippen molar-refractivity contribution in [1.82, 2.24) is 4.98 Å². The van der Waals surface area contributed by atoms with Crippen LogP contribution in [0, 0.1) is 5.41 Å². The molecule has 0 fully saturated rings. The smallest absolute Gasteiger partial charge is 0.168 e. The number of Topliss-reactive ketones (excluding diaryl/α,β-unsaturated/α-hetero) is 1. The van der Waals surface area contributed by atoms with Gasteiger partial charge in [0.25, 0.3) is 0 Å². The zero-order valence-corrected chi connectivity index (χ0v) is 9.09. The van der Waals surface area contributed by atoms with Crippen molar-refractivity contribution < 1.29 is 4.79 Å². The van der Waals surface area contributed by atoms with Gasteiger partial charge in [0.1, 0.15) is 5.82 Å². The van der Waals surface area contributed by atoms with Gasteiger partial charge in [-0.1, -0.05) is 20.8 Å². The molecular weight excluding hydrogens is 176 g/mol. The highest BCUT2D eigenvalue weighted by Crippen LogP contribution is 2.21. The summed E-state index contributed by atoms with van der Waals surface area (Å²) in [4.78, 5) is 15.9. The summed E-state index contributed by atoms with van der Waals surface area (Å²) in [6.07, 6.45) is 1.64. The normalized spacial score (nSPS) is 11.1. The number of nitrogens with one attached hydrogen (secondary N) is 1. The highest BCUT2D eigenvalue weighted by Gasteiger charge is 2.22. The van der Waals surface area contributed by atoms with Crippen LogP contribution in [-0.2, 0) is 0 Å². The number of rotatable bonds is 2. The van der Waals surface area contributed by atoms with Crippen LogP contribution in [0.3, 0.4) is 0 Å². The fourth-order valence-electron chi connectivity index (χ4n) is 1.14. The van der Waals surface area contributed by atoms with Gasteiger partial charge < -0.3 is 5.32 Å². The Labute approximate surface area is 84.6 Å². The standard InChI is InChI=1S/C11H16N2O/c1-11(2,3)10(14)8-5-6-13-9(7-8)12-4/h5-7H,1-4H3,(H,12,13). The lowest BCUT2D eigenvalue weighted by Gasteiger charge is -2.16. The summed E-state index contributed by atoms with van der Waals surface area (Å²) in [6, 6.07) is 3.52. The van der Waals surface area contributed by atoms with Crippen molar-refractivity contribution in [2.24, 2.45) is 5.41 Å². The van der Waals surface area contributed by atoms with Crippen molar-refractivity contribution in [1.29, 1.82) is 0 Å². The second-order valence-corrected chi connectivity index (χ2v) is 4.26. The molecule has 76 valence electrons. The van der Waals surface area contributed by atoms with Crippen molar-refractivity contribution in [2.75, 3.05) is 12.4 Å². The Balaban J connectivity index is 3.02. The topological polar surface area (TPSA) is 42.0 Å². The average Bonchev–Trinajstić information content (AvgIpc) is 2.15. The molecule has 0 aromatic carbocycles. The van der Waals surface area contributed by atoms with Crippen LogP contribution in [-0.4, -0.2) is 17.8 Å².